The minimum absolute atomic E-state index is 0.439. The summed E-state index contributed by atoms with van der Waals surface area (Å²) in [6.07, 6.45) is 25.0. The van der Waals surface area contributed by atoms with Crippen LogP contribution < -0.4 is 5.48 Å². The van der Waals surface area contributed by atoms with Gasteiger partial charge >= 0.3 is 86.6 Å². The summed E-state index contributed by atoms with van der Waals surface area (Å²) in [6.45, 7) is 3.06. The van der Waals surface area contributed by atoms with Gasteiger partial charge in [0.2, 0.25) is 0 Å². The normalized spacial score (nSPS) is 10.7. The van der Waals surface area contributed by atoms with Crippen LogP contribution in [0.15, 0.2) is 0 Å². The monoisotopic (exact) mass is 339 g/mol. The average molecular weight is 339 g/mol. The van der Waals surface area contributed by atoms with Gasteiger partial charge < -0.3 is 0 Å². The molecule has 0 fully saturated rings. The van der Waals surface area contributed by atoms with Crippen molar-refractivity contribution >= 4 is 7.35 Å². The van der Waals surface area contributed by atoms with Crippen LogP contribution in [-0.2, 0) is 9.46 Å². The van der Waals surface area contributed by atoms with Crippen molar-refractivity contribution in [1.82, 2.24) is 5.48 Å². The molecule has 0 radical (unpaired) electrons. The Morgan fingerprint density at radius 1 is 0.583 bits per heavy atom. The molecule has 0 atom stereocenters. The summed E-state index contributed by atoms with van der Waals surface area (Å²) < 4.78 is 14.3. The van der Waals surface area contributed by atoms with Crippen LogP contribution in [0.25, 0.3) is 0 Å². The molecule has 0 rings (SSSR count). The van der Waals surface area contributed by atoms with Crippen LogP contribution in [0, 0.1) is 0 Å². The Morgan fingerprint density at radius 3 is 1.25 bits per heavy atom. The average Bonchev–Trinajstić information content (AvgIpc) is 2.60. The summed E-state index contributed by atoms with van der Waals surface area (Å²) in [4.78, 5) is 0. The fourth-order valence-electron chi connectivity index (χ4n) is 3.19. The molecular formula is C20H42BNO2. The molecule has 4 heteroatoms. The topological polar surface area (TPSA) is 38.3 Å². The van der Waals surface area contributed by atoms with E-state index in [1.165, 1.54) is 109 Å². The van der Waals surface area contributed by atoms with Gasteiger partial charge in [-0.2, -0.15) is 0 Å². The summed E-state index contributed by atoms with van der Waals surface area (Å²) in [5.74, 6) is 0. The molecule has 0 aliphatic heterocycles. The maximum atomic E-state index is 9.91. The van der Waals surface area contributed by atoms with Gasteiger partial charge in [-0.3, -0.25) is 0 Å². The second kappa shape index (κ2) is 22.6. The fourth-order valence-corrected chi connectivity index (χ4v) is 3.19. The summed E-state index contributed by atoms with van der Waals surface area (Å²) >= 11 is 0. The van der Waals surface area contributed by atoms with Crippen LogP contribution in [0.3, 0.4) is 0 Å². The molecule has 0 aliphatic rings. The molecule has 1 N–H and O–H groups in total. The number of nitrogens with one attached hydrogen (secondary N) is 1. The van der Waals surface area contributed by atoms with Crippen LogP contribution in [0.5, 0.6) is 0 Å². The van der Waals surface area contributed by atoms with E-state index in [9.17, 15) is 4.70 Å². The predicted octanol–water partition coefficient (Wildman–Crippen LogP) is 6.51. The van der Waals surface area contributed by atoms with E-state index in [-0.39, 0.29) is 0 Å². The Hall–Kier alpha value is -0.375. The minimum atomic E-state index is 0.439. The van der Waals surface area contributed by atoms with Gasteiger partial charge in [0.1, 0.15) is 0 Å². The molecule has 0 saturated heterocycles. The van der Waals surface area contributed by atoms with Gasteiger partial charge in [-0.15, -0.1) is 0 Å². The maximum absolute atomic E-state index is 9.91. The third kappa shape index (κ3) is 21.6. The molecule has 0 saturated carbocycles. The van der Waals surface area contributed by atoms with E-state index in [1.54, 1.807) is 0 Å². The molecular weight excluding hydrogens is 297 g/mol. The first kappa shape index (κ1) is 23.6. The summed E-state index contributed by atoms with van der Waals surface area (Å²) in [5, 5.41) is 0. The molecule has 0 spiro atoms. The van der Waals surface area contributed by atoms with Crippen LogP contribution in [0.4, 0.5) is 0 Å². The van der Waals surface area contributed by atoms with Gasteiger partial charge in [-0.25, -0.2) is 0 Å². The molecule has 3 nitrogen and oxygen atoms in total. The van der Waals surface area contributed by atoms with Gasteiger partial charge in [0, 0.05) is 0 Å². The molecule has 0 heterocycles. The second-order valence-corrected chi connectivity index (χ2v) is 7.12. The molecule has 0 amide bonds. The number of unbranched alkanes of at least 4 members (excludes halogenated alkanes) is 17. The molecule has 24 heavy (non-hydrogen) atoms. The Morgan fingerprint density at radius 2 is 0.917 bits per heavy atom. The van der Waals surface area contributed by atoms with Crippen LogP contribution >= 0.6 is 0 Å². The number of hydrogen-bond donors (Lipinski definition) is 1. The first-order valence-corrected chi connectivity index (χ1v) is 10.7. The zero-order valence-electron chi connectivity index (χ0n) is 16.3. The Balaban J connectivity index is 2.94. The summed E-state index contributed by atoms with van der Waals surface area (Å²) in [6, 6.07) is 0. The van der Waals surface area contributed by atoms with Crippen molar-refractivity contribution in [3.8, 4) is 0 Å². The zero-order chi connectivity index (χ0) is 17.6. The van der Waals surface area contributed by atoms with Crippen molar-refractivity contribution in [3.05, 3.63) is 0 Å². The number of hydroxylamine groups is 1. The van der Waals surface area contributed by atoms with E-state index in [0.29, 0.717) is 7.35 Å². The van der Waals surface area contributed by atoms with Gasteiger partial charge in [0.25, 0.3) is 0 Å². The van der Waals surface area contributed by atoms with Crippen LogP contribution in [0.1, 0.15) is 122 Å². The second-order valence-electron chi connectivity index (χ2n) is 7.12. The van der Waals surface area contributed by atoms with Crippen molar-refractivity contribution in [2.45, 2.75) is 122 Å². The zero-order valence-corrected chi connectivity index (χ0v) is 16.3. The summed E-state index contributed by atoms with van der Waals surface area (Å²) in [7, 11) is 0.439. The van der Waals surface area contributed by atoms with E-state index in [1.807, 2.05) is 0 Å². The van der Waals surface area contributed by atoms with E-state index in [2.05, 4.69) is 17.2 Å². The molecule has 0 unspecified atom stereocenters. The van der Waals surface area contributed by atoms with Crippen molar-refractivity contribution in [3.63, 3.8) is 0 Å². The molecule has 0 aromatic rings. The van der Waals surface area contributed by atoms with E-state index < -0.39 is 0 Å². The quantitative estimate of drug-likeness (QED) is 0.147. The third-order valence-corrected chi connectivity index (χ3v) is 4.76. The molecule has 0 aromatic carbocycles. The van der Waals surface area contributed by atoms with Gasteiger partial charge in [-0.05, 0) is 0 Å². The Kier molecular flexibility index (Phi) is 22.3. The molecule has 142 valence electrons. The van der Waals surface area contributed by atoms with Gasteiger partial charge in [0.15, 0.2) is 0 Å². The summed E-state index contributed by atoms with van der Waals surface area (Å²) in [5.41, 5.74) is 2.62. The van der Waals surface area contributed by atoms with Crippen molar-refractivity contribution in [2.75, 3.05) is 6.54 Å². The van der Waals surface area contributed by atoms with Crippen LogP contribution in [-0.4, -0.2) is 13.9 Å². The Bertz CT molecular complexity index is 240. The van der Waals surface area contributed by atoms with E-state index in [4.69, 9.17) is 0 Å². The van der Waals surface area contributed by atoms with E-state index >= 15 is 0 Å². The number of rotatable bonds is 21. The fraction of sp³-hybridized carbons (Fsp3) is 1.00. The van der Waals surface area contributed by atoms with Gasteiger partial charge in [0.05, 0.1) is 0 Å². The van der Waals surface area contributed by atoms with Crippen molar-refractivity contribution in [2.24, 2.45) is 0 Å². The number of hydrogen-bond acceptors (Lipinski definition) is 3. The first-order valence-electron chi connectivity index (χ1n) is 10.7. The molecule has 0 aliphatic carbocycles. The Labute approximate surface area is 151 Å². The predicted molar refractivity (Wildman–Crippen MR) is 104 cm³/mol. The molecule has 0 bridgehead atoms. The molecule has 0 aromatic heterocycles. The van der Waals surface area contributed by atoms with E-state index in [0.717, 1.165) is 13.0 Å². The van der Waals surface area contributed by atoms with Crippen molar-refractivity contribution < 1.29 is 9.46 Å². The third-order valence-electron chi connectivity index (χ3n) is 4.76. The first-order chi connectivity index (χ1) is 11.9. The standard InChI is InChI=1S/C20H42BNO2/c1-2-3-4-5-6-7-8-9-10-11-12-13-14-15-16-17-18-19-20-22-24-21-23/h22H,2-20H2,1H3. The van der Waals surface area contributed by atoms with Crippen LogP contribution in [0.2, 0.25) is 0 Å². The van der Waals surface area contributed by atoms with Gasteiger partial charge in [-0.1, -0.05) is 64.7 Å². The van der Waals surface area contributed by atoms with Crippen molar-refractivity contribution in [1.29, 1.82) is 0 Å². The SMILES string of the molecule is CCCCCCCCCCCCCCCCCCCCNOB=O.